The van der Waals surface area contributed by atoms with E-state index in [-0.39, 0.29) is 55.3 Å². The van der Waals surface area contributed by atoms with E-state index >= 15 is 0 Å². The van der Waals surface area contributed by atoms with Crippen molar-refractivity contribution in [1.82, 2.24) is 15.1 Å². The van der Waals surface area contributed by atoms with Gasteiger partial charge in [0.25, 0.3) is 0 Å². The molecule has 9 atom stereocenters. The van der Waals surface area contributed by atoms with E-state index < -0.39 is 53.5 Å². The van der Waals surface area contributed by atoms with Crippen LogP contribution in [0.3, 0.4) is 0 Å². The van der Waals surface area contributed by atoms with E-state index in [4.69, 9.17) is 9.47 Å². The van der Waals surface area contributed by atoms with Gasteiger partial charge in [0.1, 0.15) is 18.2 Å². The van der Waals surface area contributed by atoms with E-state index in [1.807, 2.05) is 74.5 Å². The first-order valence-electron chi connectivity index (χ1n) is 17.4. The Bertz CT molecular complexity index is 1540. The first-order chi connectivity index (χ1) is 24.1. The van der Waals surface area contributed by atoms with E-state index in [0.717, 1.165) is 11.1 Å². The van der Waals surface area contributed by atoms with Crippen LogP contribution < -0.4 is 5.32 Å². The van der Waals surface area contributed by atoms with E-state index in [9.17, 15) is 24.3 Å². The number of carbonyl (C=O) groups excluding carboxylic acids is 4. The van der Waals surface area contributed by atoms with Crippen LogP contribution in [0, 0.1) is 17.8 Å². The van der Waals surface area contributed by atoms with Gasteiger partial charge in [0, 0.05) is 24.3 Å². The number of carbonyl (C=O) groups is 4. The maximum Gasteiger partial charge on any atom is 0.306 e. The maximum absolute atomic E-state index is 14.9. The van der Waals surface area contributed by atoms with Gasteiger partial charge in [0.05, 0.1) is 36.6 Å². The standard InChI is InChI=1S/C39H48BrN3O7/c1-5-8-19-31(45)49-24-29(27-17-13-10-14-18-27)41-36(46)32-33-37(47)43(30(23-44)25(4)7-3)35(39(33)21-28(40)34(32)50-39)38(48)42(20-6-2)22-26-15-11-9-12-16-26/h5-6,9-18,25,28-30,32-35,44H,1-2,7-8,19-24H2,3-4H3,(H,41,46)/t25-,28?,29-,30-,32+,33-,34+,35+,39-/m0/s1. The zero-order valence-corrected chi connectivity index (χ0v) is 30.4. The van der Waals surface area contributed by atoms with Crippen LogP contribution in [0.4, 0.5) is 0 Å². The zero-order chi connectivity index (χ0) is 36.0. The number of amides is 3. The number of nitrogens with one attached hydrogen (secondary N) is 1. The molecule has 0 aliphatic carbocycles. The largest absolute Gasteiger partial charge is 0.463 e. The number of alkyl halides is 1. The Kier molecular flexibility index (Phi) is 12.3. The molecule has 3 aliphatic heterocycles. The number of fused-ring (bicyclic) bond motifs is 1. The number of aliphatic hydroxyl groups is 1. The average Bonchev–Trinajstić information content (AvgIpc) is 3.72. The van der Waals surface area contributed by atoms with E-state index in [0.29, 0.717) is 19.3 Å². The average molecular weight is 751 g/mol. The van der Waals surface area contributed by atoms with Gasteiger partial charge in [0.15, 0.2) is 0 Å². The lowest BCUT2D eigenvalue weighted by molar-refractivity contribution is -0.153. The summed E-state index contributed by atoms with van der Waals surface area (Å²) in [5.41, 5.74) is 0.334. The van der Waals surface area contributed by atoms with Crippen molar-refractivity contribution in [2.45, 2.75) is 80.7 Å². The molecule has 0 aromatic heterocycles. The fraction of sp³-hybridized carbons (Fsp3) is 0.487. The highest BCUT2D eigenvalue weighted by atomic mass is 79.9. The summed E-state index contributed by atoms with van der Waals surface area (Å²) in [5, 5.41) is 13.8. The van der Waals surface area contributed by atoms with Gasteiger partial charge in [-0.2, -0.15) is 0 Å². The summed E-state index contributed by atoms with van der Waals surface area (Å²) in [6.45, 7) is 11.5. The maximum atomic E-state index is 14.9. The number of hydrogen-bond acceptors (Lipinski definition) is 7. The monoisotopic (exact) mass is 749 g/mol. The van der Waals surface area contributed by atoms with Crippen molar-refractivity contribution in [3.05, 3.63) is 97.1 Å². The number of esters is 1. The number of likely N-dealkylation sites (tertiary alicyclic amines) is 1. The van der Waals surface area contributed by atoms with E-state index in [1.54, 1.807) is 17.1 Å². The molecule has 50 heavy (non-hydrogen) atoms. The first kappa shape index (κ1) is 37.5. The minimum absolute atomic E-state index is 0.102. The Balaban J connectivity index is 1.51. The summed E-state index contributed by atoms with van der Waals surface area (Å²) in [7, 11) is 0. The second kappa shape index (κ2) is 16.5. The molecule has 0 radical (unpaired) electrons. The third-order valence-electron chi connectivity index (χ3n) is 10.5. The number of rotatable bonds is 17. The van der Waals surface area contributed by atoms with Crippen LogP contribution in [0.2, 0.25) is 0 Å². The van der Waals surface area contributed by atoms with Gasteiger partial charge in [-0.25, -0.2) is 0 Å². The van der Waals surface area contributed by atoms with Gasteiger partial charge in [0.2, 0.25) is 17.7 Å². The fourth-order valence-corrected chi connectivity index (χ4v) is 8.77. The Hall–Kier alpha value is -3.80. The van der Waals surface area contributed by atoms with Gasteiger partial charge in [-0.3, -0.25) is 19.2 Å². The van der Waals surface area contributed by atoms with Crippen molar-refractivity contribution in [1.29, 1.82) is 0 Å². The summed E-state index contributed by atoms with van der Waals surface area (Å²) in [6, 6.07) is 16.3. The highest BCUT2D eigenvalue weighted by Gasteiger charge is 2.77. The zero-order valence-electron chi connectivity index (χ0n) is 28.8. The summed E-state index contributed by atoms with van der Waals surface area (Å²) in [5.74, 6) is -3.59. The summed E-state index contributed by atoms with van der Waals surface area (Å²) in [6.07, 6.45) is 4.23. The van der Waals surface area contributed by atoms with Crippen LogP contribution in [-0.4, -0.2) is 87.0 Å². The first-order valence-corrected chi connectivity index (χ1v) is 18.3. The number of aliphatic hydroxyl groups excluding tert-OH is 1. The predicted octanol–water partition coefficient (Wildman–Crippen LogP) is 4.72. The Morgan fingerprint density at radius 1 is 1.14 bits per heavy atom. The molecule has 11 heteroatoms. The molecule has 3 saturated heterocycles. The smallest absolute Gasteiger partial charge is 0.306 e. The fourth-order valence-electron chi connectivity index (χ4n) is 7.83. The lowest BCUT2D eigenvalue weighted by atomic mass is 9.70. The number of benzene rings is 2. The van der Waals surface area contributed by atoms with Crippen LogP contribution in [0.1, 0.15) is 56.7 Å². The Morgan fingerprint density at radius 2 is 1.82 bits per heavy atom. The molecule has 2 aromatic carbocycles. The quantitative estimate of drug-likeness (QED) is 0.136. The highest BCUT2D eigenvalue weighted by Crippen LogP contribution is 2.61. The van der Waals surface area contributed by atoms with Gasteiger partial charge >= 0.3 is 5.97 Å². The van der Waals surface area contributed by atoms with Crippen LogP contribution in [0.15, 0.2) is 86.0 Å². The van der Waals surface area contributed by atoms with Crippen molar-refractivity contribution in [3.63, 3.8) is 0 Å². The third kappa shape index (κ3) is 7.31. The predicted molar refractivity (Wildman–Crippen MR) is 193 cm³/mol. The molecular weight excluding hydrogens is 702 g/mol. The third-order valence-corrected chi connectivity index (χ3v) is 11.3. The number of allylic oxidation sites excluding steroid dienone is 1. The van der Waals surface area contributed by atoms with Crippen molar-refractivity contribution < 1.29 is 33.8 Å². The van der Waals surface area contributed by atoms with Crippen LogP contribution in [-0.2, 0) is 35.2 Å². The van der Waals surface area contributed by atoms with E-state index in [2.05, 4.69) is 34.4 Å². The molecule has 1 spiro atoms. The van der Waals surface area contributed by atoms with Gasteiger partial charge in [-0.05, 0) is 29.9 Å². The van der Waals surface area contributed by atoms with Crippen LogP contribution in [0.5, 0.6) is 0 Å². The number of halogens is 1. The number of hydrogen-bond donors (Lipinski definition) is 2. The lowest BCUT2D eigenvalue weighted by Gasteiger charge is -2.41. The molecular formula is C39H48BrN3O7. The molecule has 2 N–H and O–H groups in total. The van der Waals surface area contributed by atoms with Gasteiger partial charge in [-0.15, -0.1) is 13.2 Å². The second-order valence-corrected chi connectivity index (χ2v) is 14.7. The molecule has 2 bridgehead atoms. The summed E-state index contributed by atoms with van der Waals surface area (Å²) < 4.78 is 12.3. The molecule has 3 fully saturated rings. The van der Waals surface area contributed by atoms with Crippen molar-refractivity contribution in [2.75, 3.05) is 19.8 Å². The van der Waals surface area contributed by atoms with Crippen LogP contribution in [0.25, 0.3) is 0 Å². The van der Waals surface area contributed by atoms with Crippen molar-refractivity contribution in [3.8, 4) is 0 Å². The Labute approximate surface area is 303 Å². The normalized spacial score (nSPS) is 26.8. The minimum Gasteiger partial charge on any atom is -0.463 e. The molecule has 2 aromatic rings. The second-order valence-electron chi connectivity index (χ2n) is 13.5. The molecule has 10 nitrogen and oxygen atoms in total. The van der Waals surface area contributed by atoms with Crippen LogP contribution >= 0.6 is 15.9 Å². The Morgan fingerprint density at radius 3 is 2.44 bits per heavy atom. The highest BCUT2D eigenvalue weighted by molar-refractivity contribution is 9.09. The number of ether oxygens (including phenoxy) is 2. The number of nitrogens with zero attached hydrogens (tertiary/aromatic N) is 2. The van der Waals surface area contributed by atoms with Gasteiger partial charge in [-0.1, -0.05) is 109 Å². The molecule has 0 saturated carbocycles. The van der Waals surface area contributed by atoms with E-state index in [1.165, 1.54) is 4.90 Å². The molecule has 3 amide bonds. The van der Waals surface area contributed by atoms with Gasteiger partial charge < -0.3 is 29.7 Å². The lowest BCUT2D eigenvalue weighted by Crippen LogP contribution is -2.59. The molecule has 3 aliphatic rings. The molecule has 3 heterocycles. The SMILES string of the molecule is C=CCCC(=O)OC[C@H](NC(=O)[C@H]1[C@@H]2O[C@@]3(CC2Br)[C@@H]1C(=O)N([C@@H](CO)[C@@H](C)CC)[C@@H]3C(=O)N(CC=C)Cc1ccccc1)c1ccccc1. The summed E-state index contributed by atoms with van der Waals surface area (Å²) in [4.78, 5) is 59.4. The molecule has 1 unspecified atom stereocenters. The minimum atomic E-state index is -1.31. The topological polar surface area (TPSA) is 125 Å². The molecule has 268 valence electrons. The summed E-state index contributed by atoms with van der Waals surface area (Å²) >= 11 is 3.75. The molecule has 5 rings (SSSR count). The van der Waals surface area contributed by atoms with Crippen molar-refractivity contribution in [2.24, 2.45) is 17.8 Å². The van der Waals surface area contributed by atoms with Crippen molar-refractivity contribution >= 4 is 39.6 Å².